The molecule has 1 fully saturated rings. The lowest BCUT2D eigenvalue weighted by atomic mass is 10.1. The molecule has 2 amide bonds. The van der Waals surface area contributed by atoms with Gasteiger partial charge < -0.3 is 15.4 Å². The Morgan fingerprint density at radius 2 is 1.95 bits per heavy atom. The first-order chi connectivity index (χ1) is 9.36. The summed E-state index contributed by atoms with van der Waals surface area (Å²) in [6.45, 7) is 0.915. The Balaban J connectivity index is 1.96. The van der Waals surface area contributed by atoms with Crippen molar-refractivity contribution in [3.8, 4) is 5.75 Å². The summed E-state index contributed by atoms with van der Waals surface area (Å²) in [5.74, 6) is 0.192. The van der Waals surface area contributed by atoms with Crippen LogP contribution in [0.25, 0.3) is 0 Å². The molecule has 4 nitrogen and oxygen atoms in total. The molecule has 0 radical (unpaired) electrons. The number of primary amides is 1. The minimum absolute atomic E-state index is 0.192. The number of carbonyl (C=O) groups is 1. The number of hydrogen-bond donors (Lipinski definition) is 1. The van der Waals surface area contributed by atoms with Crippen LogP contribution in [0.4, 0.5) is 18.0 Å². The largest absolute Gasteiger partial charge is 0.490 e. The van der Waals surface area contributed by atoms with Crippen molar-refractivity contribution < 1.29 is 22.7 Å². The molecule has 110 valence electrons. The average Bonchev–Trinajstić information content (AvgIpc) is 2.38. The van der Waals surface area contributed by atoms with Crippen molar-refractivity contribution in [3.63, 3.8) is 0 Å². The van der Waals surface area contributed by atoms with Gasteiger partial charge >= 0.3 is 12.2 Å². The van der Waals surface area contributed by atoms with Crippen LogP contribution in [0.1, 0.15) is 18.4 Å². The summed E-state index contributed by atoms with van der Waals surface area (Å²) >= 11 is 0. The highest BCUT2D eigenvalue weighted by molar-refractivity contribution is 5.72. The molecule has 1 aliphatic heterocycles. The number of rotatable bonds is 2. The summed E-state index contributed by atoms with van der Waals surface area (Å²) in [5.41, 5.74) is 4.42. The Bertz CT molecular complexity index is 483. The normalized spacial score (nSPS) is 17.1. The lowest BCUT2D eigenvalue weighted by Gasteiger charge is -2.31. The van der Waals surface area contributed by atoms with Crippen LogP contribution in [0.5, 0.6) is 5.75 Å². The lowest BCUT2D eigenvalue weighted by molar-refractivity contribution is -0.137. The fraction of sp³-hybridized carbons (Fsp3) is 0.462. The van der Waals surface area contributed by atoms with Crippen molar-refractivity contribution in [3.05, 3.63) is 29.8 Å². The molecular weight excluding hydrogens is 273 g/mol. The zero-order valence-electron chi connectivity index (χ0n) is 10.7. The SMILES string of the molecule is NC(=O)N1CCC(Oc2cccc(C(F)(F)F)c2)CC1. The molecule has 0 atom stereocenters. The third kappa shape index (κ3) is 3.55. The maximum atomic E-state index is 12.6. The Kier molecular flexibility index (Phi) is 4.06. The predicted octanol–water partition coefficient (Wildman–Crippen LogP) is 2.63. The minimum Gasteiger partial charge on any atom is -0.490 e. The molecule has 0 aliphatic carbocycles. The minimum atomic E-state index is -4.38. The predicted molar refractivity (Wildman–Crippen MR) is 66.3 cm³/mol. The number of halogens is 3. The highest BCUT2D eigenvalue weighted by Crippen LogP contribution is 2.32. The molecule has 2 rings (SSSR count). The second kappa shape index (κ2) is 5.60. The van der Waals surface area contributed by atoms with Gasteiger partial charge in [-0.25, -0.2) is 4.79 Å². The van der Waals surface area contributed by atoms with Crippen LogP contribution in [0.15, 0.2) is 24.3 Å². The van der Waals surface area contributed by atoms with E-state index in [-0.39, 0.29) is 11.9 Å². The third-order valence-corrected chi connectivity index (χ3v) is 3.22. The first-order valence-electron chi connectivity index (χ1n) is 6.24. The highest BCUT2D eigenvalue weighted by Gasteiger charge is 2.31. The number of ether oxygens (including phenoxy) is 1. The smallest absolute Gasteiger partial charge is 0.416 e. The fourth-order valence-electron chi connectivity index (χ4n) is 2.13. The van der Waals surface area contributed by atoms with E-state index in [1.165, 1.54) is 17.0 Å². The van der Waals surface area contributed by atoms with Gasteiger partial charge in [0.1, 0.15) is 11.9 Å². The summed E-state index contributed by atoms with van der Waals surface area (Å²) in [7, 11) is 0. The van der Waals surface area contributed by atoms with Crippen LogP contribution >= 0.6 is 0 Å². The topological polar surface area (TPSA) is 55.6 Å². The molecule has 0 aromatic heterocycles. The van der Waals surface area contributed by atoms with E-state index in [4.69, 9.17) is 10.5 Å². The molecule has 7 heteroatoms. The number of nitrogens with two attached hydrogens (primary N) is 1. The van der Waals surface area contributed by atoms with Gasteiger partial charge in [-0.3, -0.25) is 0 Å². The van der Waals surface area contributed by atoms with E-state index < -0.39 is 17.8 Å². The first kappa shape index (κ1) is 14.5. The molecule has 1 saturated heterocycles. The Hall–Kier alpha value is -1.92. The summed E-state index contributed by atoms with van der Waals surface area (Å²) in [4.78, 5) is 12.4. The maximum Gasteiger partial charge on any atom is 0.416 e. The number of likely N-dealkylation sites (tertiary alicyclic amines) is 1. The van der Waals surface area contributed by atoms with E-state index in [1.807, 2.05) is 0 Å². The van der Waals surface area contributed by atoms with Gasteiger partial charge in [0, 0.05) is 25.9 Å². The maximum absolute atomic E-state index is 12.6. The summed E-state index contributed by atoms with van der Waals surface area (Å²) < 4.78 is 43.3. The zero-order valence-corrected chi connectivity index (χ0v) is 10.7. The van der Waals surface area contributed by atoms with E-state index in [0.717, 1.165) is 12.1 Å². The number of piperidine rings is 1. The van der Waals surface area contributed by atoms with Gasteiger partial charge in [0.15, 0.2) is 0 Å². The Morgan fingerprint density at radius 3 is 2.50 bits per heavy atom. The number of hydrogen-bond acceptors (Lipinski definition) is 2. The van der Waals surface area contributed by atoms with Crippen molar-refractivity contribution in [2.45, 2.75) is 25.1 Å². The number of nitrogens with zero attached hydrogens (tertiary/aromatic N) is 1. The zero-order chi connectivity index (χ0) is 14.8. The van der Waals surface area contributed by atoms with Gasteiger partial charge in [-0.1, -0.05) is 6.07 Å². The van der Waals surface area contributed by atoms with Gasteiger partial charge in [-0.05, 0) is 18.2 Å². The highest BCUT2D eigenvalue weighted by atomic mass is 19.4. The molecule has 1 aliphatic rings. The van der Waals surface area contributed by atoms with E-state index in [2.05, 4.69) is 0 Å². The number of amides is 2. The van der Waals surface area contributed by atoms with Gasteiger partial charge in [0.05, 0.1) is 5.56 Å². The molecular formula is C13H15F3N2O2. The standard InChI is InChI=1S/C13H15F3N2O2/c14-13(15,16)9-2-1-3-11(8-9)20-10-4-6-18(7-5-10)12(17)19/h1-3,8,10H,4-7H2,(H2,17,19). The molecule has 0 spiro atoms. The number of benzene rings is 1. The van der Waals surface area contributed by atoms with Crippen LogP contribution < -0.4 is 10.5 Å². The Labute approximate surface area is 114 Å². The summed E-state index contributed by atoms with van der Waals surface area (Å²) in [6.07, 6.45) is -3.47. The quantitative estimate of drug-likeness (QED) is 0.909. The molecule has 2 N–H and O–H groups in total. The van der Waals surface area contributed by atoms with Crippen molar-refractivity contribution in [2.75, 3.05) is 13.1 Å². The van der Waals surface area contributed by atoms with Crippen LogP contribution in [-0.2, 0) is 6.18 Å². The van der Waals surface area contributed by atoms with E-state index in [9.17, 15) is 18.0 Å². The van der Waals surface area contributed by atoms with Crippen molar-refractivity contribution in [1.29, 1.82) is 0 Å². The van der Waals surface area contributed by atoms with Crippen LogP contribution in [0.2, 0.25) is 0 Å². The molecule has 0 saturated carbocycles. The number of carbonyl (C=O) groups excluding carboxylic acids is 1. The van der Waals surface area contributed by atoms with Crippen LogP contribution in [0.3, 0.4) is 0 Å². The summed E-state index contributed by atoms with van der Waals surface area (Å²) in [5, 5.41) is 0. The van der Waals surface area contributed by atoms with Gasteiger partial charge in [0.25, 0.3) is 0 Å². The second-order valence-electron chi connectivity index (χ2n) is 4.67. The third-order valence-electron chi connectivity index (χ3n) is 3.22. The van der Waals surface area contributed by atoms with Crippen molar-refractivity contribution in [1.82, 2.24) is 4.90 Å². The molecule has 1 aromatic rings. The molecule has 1 heterocycles. The second-order valence-corrected chi connectivity index (χ2v) is 4.67. The van der Waals surface area contributed by atoms with E-state index in [1.54, 1.807) is 0 Å². The molecule has 20 heavy (non-hydrogen) atoms. The van der Waals surface area contributed by atoms with Crippen LogP contribution in [0, 0.1) is 0 Å². The molecule has 1 aromatic carbocycles. The monoisotopic (exact) mass is 288 g/mol. The average molecular weight is 288 g/mol. The fourth-order valence-corrected chi connectivity index (χ4v) is 2.13. The Morgan fingerprint density at radius 1 is 1.30 bits per heavy atom. The molecule has 0 unspecified atom stereocenters. The number of urea groups is 1. The van der Waals surface area contributed by atoms with Gasteiger partial charge in [-0.2, -0.15) is 13.2 Å². The van der Waals surface area contributed by atoms with E-state index in [0.29, 0.717) is 25.9 Å². The van der Waals surface area contributed by atoms with Crippen molar-refractivity contribution >= 4 is 6.03 Å². The van der Waals surface area contributed by atoms with E-state index >= 15 is 0 Å². The van der Waals surface area contributed by atoms with Gasteiger partial charge in [0.2, 0.25) is 0 Å². The van der Waals surface area contributed by atoms with Crippen molar-refractivity contribution in [2.24, 2.45) is 5.73 Å². The lowest BCUT2D eigenvalue weighted by Crippen LogP contribution is -2.44. The van der Waals surface area contributed by atoms with Crippen LogP contribution in [-0.4, -0.2) is 30.1 Å². The number of alkyl halides is 3. The first-order valence-corrected chi connectivity index (χ1v) is 6.24. The van der Waals surface area contributed by atoms with Gasteiger partial charge in [-0.15, -0.1) is 0 Å². The molecule has 0 bridgehead atoms. The summed E-state index contributed by atoms with van der Waals surface area (Å²) in [6, 6.07) is 4.32.